The zero-order chi connectivity index (χ0) is 32.3. The number of rotatable bonds is 10. The van der Waals surface area contributed by atoms with Gasteiger partial charge in [0.1, 0.15) is 23.6 Å². The van der Waals surface area contributed by atoms with Gasteiger partial charge in [0.2, 0.25) is 0 Å². The lowest BCUT2D eigenvalue weighted by atomic mass is 10.1. The van der Waals surface area contributed by atoms with Gasteiger partial charge in [0, 0.05) is 0 Å². The Labute approximate surface area is 253 Å². The van der Waals surface area contributed by atoms with E-state index in [0.717, 1.165) is 24.3 Å². The standard InChI is InChI=1S/C15H20F3NO4S.C11H12F3NO3.ClH/c1-5-22-13(20)12(19-24(21)14(2,3)4)10-7-6-8-11(9-10)23-15(16,17)18;1-2-17-10(16)9(15)7-4-3-5-8(6-7)18-11(12,13)14;/h6-9,12,19H,5H2,1-4H3;3-6,9H,2,15H2,1H3;1H/t12-,24-;9-;/m11./s1. The molecular formula is C26H33ClF6N2O7S. The molecule has 2 aromatic carbocycles. The largest absolute Gasteiger partial charge is 0.573 e. The topological polar surface area (TPSA) is 126 Å². The predicted octanol–water partition coefficient (Wildman–Crippen LogP) is 5.81. The fourth-order valence-electron chi connectivity index (χ4n) is 2.93. The third kappa shape index (κ3) is 15.3. The SMILES string of the molecule is CCOC(=O)[C@H](N)c1cccc(OC(F)(F)F)c1.CCOC(=O)[C@H](N[S@](=O)C(C)(C)C)c1cccc(OC(F)(F)F)c1.Cl. The van der Waals surface area contributed by atoms with Crippen molar-refractivity contribution in [1.29, 1.82) is 0 Å². The molecule has 0 aromatic heterocycles. The zero-order valence-corrected chi connectivity index (χ0v) is 25.3. The van der Waals surface area contributed by atoms with Gasteiger partial charge in [-0.2, -0.15) is 0 Å². The van der Waals surface area contributed by atoms with Gasteiger partial charge in [0.05, 0.1) is 28.9 Å². The van der Waals surface area contributed by atoms with E-state index in [2.05, 4.69) is 18.9 Å². The van der Waals surface area contributed by atoms with E-state index in [-0.39, 0.29) is 36.7 Å². The fraction of sp³-hybridized carbons (Fsp3) is 0.462. The van der Waals surface area contributed by atoms with E-state index in [4.69, 9.17) is 10.5 Å². The number of carbonyl (C=O) groups excluding carboxylic acids is 2. The van der Waals surface area contributed by atoms with Crippen LogP contribution < -0.4 is 19.9 Å². The van der Waals surface area contributed by atoms with E-state index >= 15 is 0 Å². The minimum Gasteiger partial charge on any atom is -0.465 e. The molecule has 17 heteroatoms. The Morgan fingerprint density at radius 1 is 0.814 bits per heavy atom. The van der Waals surface area contributed by atoms with Crippen LogP contribution in [0.4, 0.5) is 26.3 Å². The van der Waals surface area contributed by atoms with Crippen molar-refractivity contribution in [3.63, 3.8) is 0 Å². The van der Waals surface area contributed by atoms with Gasteiger partial charge < -0.3 is 24.7 Å². The Bertz CT molecular complexity index is 1210. The summed E-state index contributed by atoms with van der Waals surface area (Å²) in [5.74, 6) is -2.35. The van der Waals surface area contributed by atoms with E-state index < -0.39 is 64.0 Å². The van der Waals surface area contributed by atoms with Crippen molar-refractivity contribution < 1.29 is 59.1 Å². The normalized spacial score (nSPS) is 13.7. The highest BCUT2D eigenvalue weighted by Crippen LogP contribution is 2.28. The quantitative estimate of drug-likeness (QED) is 0.240. The molecule has 43 heavy (non-hydrogen) atoms. The summed E-state index contributed by atoms with van der Waals surface area (Å²) in [4.78, 5) is 23.5. The molecular weight excluding hydrogens is 634 g/mol. The average molecular weight is 667 g/mol. The van der Waals surface area contributed by atoms with Crippen LogP contribution in [0.5, 0.6) is 11.5 Å². The number of alkyl halides is 6. The monoisotopic (exact) mass is 666 g/mol. The summed E-state index contributed by atoms with van der Waals surface area (Å²) >= 11 is 0. The van der Waals surface area contributed by atoms with Gasteiger partial charge in [-0.25, -0.2) is 18.5 Å². The molecule has 2 rings (SSSR count). The number of nitrogens with one attached hydrogen (secondary N) is 1. The third-order valence-corrected chi connectivity index (χ3v) is 6.28. The van der Waals surface area contributed by atoms with Crippen molar-refractivity contribution >= 4 is 35.3 Å². The molecule has 3 N–H and O–H groups in total. The number of nitrogens with two attached hydrogens (primary N) is 1. The van der Waals surface area contributed by atoms with Crippen molar-refractivity contribution in [3.05, 3.63) is 59.7 Å². The average Bonchev–Trinajstić information content (AvgIpc) is 2.85. The number of carbonyl (C=O) groups is 2. The Morgan fingerprint density at radius 2 is 1.23 bits per heavy atom. The smallest absolute Gasteiger partial charge is 0.465 e. The zero-order valence-electron chi connectivity index (χ0n) is 23.7. The molecule has 9 nitrogen and oxygen atoms in total. The summed E-state index contributed by atoms with van der Waals surface area (Å²) in [7, 11) is -1.63. The number of hydrogen-bond acceptors (Lipinski definition) is 8. The lowest BCUT2D eigenvalue weighted by Crippen LogP contribution is -2.39. The summed E-state index contributed by atoms with van der Waals surface area (Å²) in [5.41, 5.74) is 5.90. The Balaban J connectivity index is 0.000000833. The maximum Gasteiger partial charge on any atom is 0.573 e. The first-order chi connectivity index (χ1) is 19.3. The number of benzene rings is 2. The molecule has 2 aromatic rings. The van der Waals surface area contributed by atoms with Gasteiger partial charge in [-0.05, 0) is 70.0 Å². The number of hydrogen-bond donors (Lipinski definition) is 2. The van der Waals surface area contributed by atoms with Crippen molar-refractivity contribution in [3.8, 4) is 11.5 Å². The third-order valence-electron chi connectivity index (χ3n) is 4.72. The van der Waals surface area contributed by atoms with Gasteiger partial charge in [-0.15, -0.1) is 38.7 Å². The van der Waals surface area contributed by atoms with E-state index in [1.54, 1.807) is 34.6 Å². The second kappa shape index (κ2) is 17.3. The van der Waals surface area contributed by atoms with Crippen LogP contribution in [-0.4, -0.2) is 46.8 Å². The van der Waals surface area contributed by atoms with Crippen LogP contribution in [0.15, 0.2) is 48.5 Å². The van der Waals surface area contributed by atoms with Crippen LogP contribution in [0.1, 0.15) is 57.8 Å². The molecule has 0 radical (unpaired) electrons. The van der Waals surface area contributed by atoms with Crippen LogP contribution in [0.2, 0.25) is 0 Å². The molecule has 0 heterocycles. The number of halogens is 7. The molecule has 0 spiro atoms. The molecule has 0 aliphatic heterocycles. The van der Waals surface area contributed by atoms with Crippen molar-refractivity contribution in [2.75, 3.05) is 13.2 Å². The van der Waals surface area contributed by atoms with Gasteiger partial charge in [-0.3, -0.25) is 0 Å². The summed E-state index contributed by atoms with van der Waals surface area (Å²) < 4.78 is 104. The second-order valence-corrected chi connectivity index (χ2v) is 11.2. The first-order valence-corrected chi connectivity index (χ1v) is 13.4. The molecule has 0 aliphatic rings. The number of esters is 2. The minimum atomic E-state index is -4.85. The molecule has 0 saturated heterocycles. The van der Waals surface area contributed by atoms with Crippen LogP contribution >= 0.6 is 12.4 Å². The molecule has 0 unspecified atom stereocenters. The Hall–Kier alpha value is -3.08. The van der Waals surface area contributed by atoms with Crippen LogP contribution in [0.3, 0.4) is 0 Å². The van der Waals surface area contributed by atoms with Gasteiger partial charge in [0.25, 0.3) is 0 Å². The molecule has 0 fully saturated rings. The summed E-state index contributed by atoms with van der Waals surface area (Å²) in [6.45, 7) is 8.51. The summed E-state index contributed by atoms with van der Waals surface area (Å²) in [6.07, 6.45) is -9.63. The maximum absolute atomic E-state index is 12.3. The molecule has 0 amide bonds. The maximum atomic E-state index is 12.3. The summed E-state index contributed by atoms with van der Waals surface area (Å²) in [5, 5.41) is 0. The van der Waals surface area contributed by atoms with Crippen molar-refractivity contribution in [2.24, 2.45) is 5.73 Å². The van der Waals surface area contributed by atoms with E-state index in [0.29, 0.717) is 0 Å². The van der Waals surface area contributed by atoms with Crippen LogP contribution in [0, 0.1) is 0 Å². The lowest BCUT2D eigenvalue weighted by Gasteiger charge is -2.23. The lowest BCUT2D eigenvalue weighted by molar-refractivity contribution is -0.275. The molecule has 0 bridgehead atoms. The van der Waals surface area contributed by atoms with Crippen molar-refractivity contribution in [2.45, 2.75) is 64.2 Å². The number of ether oxygens (including phenoxy) is 4. The summed E-state index contributed by atoms with van der Waals surface area (Å²) in [6, 6.07) is 7.50. The first-order valence-electron chi connectivity index (χ1n) is 12.3. The van der Waals surface area contributed by atoms with Crippen LogP contribution in [0.25, 0.3) is 0 Å². The molecule has 3 atom stereocenters. The first kappa shape index (κ1) is 39.9. The van der Waals surface area contributed by atoms with E-state index in [9.17, 15) is 40.1 Å². The van der Waals surface area contributed by atoms with Gasteiger partial charge in [0.15, 0.2) is 0 Å². The van der Waals surface area contributed by atoms with E-state index in [1.807, 2.05) is 0 Å². The van der Waals surface area contributed by atoms with Crippen LogP contribution in [-0.2, 0) is 30.0 Å². The van der Waals surface area contributed by atoms with Crippen molar-refractivity contribution in [1.82, 2.24) is 4.72 Å². The highest BCUT2D eigenvalue weighted by atomic mass is 35.5. The highest BCUT2D eigenvalue weighted by molar-refractivity contribution is 7.84. The van der Waals surface area contributed by atoms with Gasteiger partial charge >= 0.3 is 24.7 Å². The second-order valence-electron chi connectivity index (χ2n) is 9.15. The fourth-order valence-corrected chi connectivity index (χ4v) is 3.73. The van der Waals surface area contributed by atoms with E-state index in [1.165, 1.54) is 24.3 Å². The molecule has 0 aliphatic carbocycles. The Morgan fingerprint density at radius 3 is 1.65 bits per heavy atom. The minimum absolute atomic E-state index is 0. The predicted molar refractivity (Wildman–Crippen MR) is 147 cm³/mol. The Kier molecular flexibility index (Phi) is 16.0. The molecule has 244 valence electrons. The van der Waals surface area contributed by atoms with Gasteiger partial charge in [-0.1, -0.05) is 24.3 Å². The highest BCUT2D eigenvalue weighted by Gasteiger charge is 2.33. The molecule has 0 saturated carbocycles.